The van der Waals surface area contributed by atoms with Gasteiger partial charge in [0.2, 0.25) is 11.6 Å². The van der Waals surface area contributed by atoms with Crippen LogP contribution in [0.3, 0.4) is 0 Å². The van der Waals surface area contributed by atoms with Crippen LogP contribution in [0, 0.1) is 13.8 Å². The summed E-state index contributed by atoms with van der Waals surface area (Å²) in [4.78, 5) is 12.9. The predicted molar refractivity (Wildman–Crippen MR) is 69.0 cm³/mol. The second-order valence-corrected chi connectivity index (χ2v) is 4.52. The van der Waals surface area contributed by atoms with E-state index < -0.39 is 0 Å². The monoisotopic (exact) mass is 274 g/mol. The van der Waals surface area contributed by atoms with Crippen molar-refractivity contribution in [2.24, 2.45) is 0 Å². The van der Waals surface area contributed by atoms with Crippen LogP contribution in [0.1, 0.15) is 30.2 Å². The molecule has 3 aromatic rings. The van der Waals surface area contributed by atoms with Crippen LogP contribution in [0.25, 0.3) is 17.5 Å². The van der Waals surface area contributed by atoms with E-state index in [-0.39, 0.29) is 12.0 Å². The molecule has 1 atom stereocenters. The molecule has 0 spiro atoms. The fourth-order valence-corrected chi connectivity index (χ4v) is 1.85. The third-order valence-corrected chi connectivity index (χ3v) is 2.97. The SMILES string of the molecule is COC(C)c1noc(-c2nc3nc(C)cc(C)n3n2)n1. The highest BCUT2D eigenvalue weighted by molar-refractivity contribution is 5.45. The molecule has 0 amide bonds. The summed E-state index contributed by atoms with van der Waals surface area (Å²) in [7, 11) is 1.58. The van der Waals surface area contributed by atoms with E-state index in [0.29, 0.717) is 17.4 Å². The zero-order valence-electron chi connectivity index (χ0n) is 11.7. The molecule has 0 bridgehead atoms. The van der Waals surface area contributed by atoms with E-state index in [0.717, 1.165) is 11.4 Å². The summed E-state index contributed by atoms with van der Waals surface area (Å²) in [5.74, 6) is 1.58. The number of fused-ring (bicyclic) bond motifs is 1. The lowest BCUT2D eigenvalue weighted by Gasteiger charge is -2.00. The number of nitrogens with zero attached hydrogens (tertiary/aromatic N) is 6. The lowest BCUT2D eigenvalue weighted by Crippen LogP contribution is -1.98. The van der Waals surface area contributed by atoms with Crippen molar-refractivity contribution in [1.82, 2.24) is 29.7 Å². The molecular weight excluding hydrogens is 260 g/mol. The topological polar surface area (TPSA) is 91.2 Å². The molecule has 8 heteroatoms. The molecule has 0 aromatic carbocycles. The maximum Gasteiger partial charge on any atom is 0.297 e. The highest BCUT2D eigenvalue weighted by atomic mass is 16.5. The zero-order valence-corrected chi connectivity index (χ0v) is 11.7. The van der Waals surface area contributed by atoms with Crippen LogP contribution in [-0.4, -0.2) is 36.8 Å². The van der Waals surface area contributed by atoms with Crippen LogP contribution in [0.15, 0.2) is 10.6 Å². The highest BCUT2D eigenvalue weighted by Gasteiger charge is 2.18. The molecule has 1 unspecified atom stereocenters. The molecule has 0 aliphatic carbocycles. The van der Waals surface area contributed by atoms with Crippen molar-refractivity contribution < 1.29 is 9.26 Å². The van der Waals surface area contributed by atoms with Gasteiger partial charge in [-0.2, -0.15) is 9.97 Å². The Morgan fingerprint density at radius 2 is 2.05 bits per heavy atom. The van der Waals surface area contributed by atoms with Crippen LogP contribution in [0.4, 0.5) is 0 Å². The van der Waals surface area contributed by atoms with E-state index in [9.17, 15) is 0 Å². The molecule has 0 aliphatic heterocycles. The fraction of sp³-hybridized carbons (Fsp3) is 0.417. The molecule has 0 saturated carbocycles. The second-order valence-electron chi connectivity index (χ2n) is 4.52. The summed E-state index contributed by atoms with van der Waals surface area (Å²) >= 11 is 0. The maximum absolute atomic E-state index is 5.17. The van der Waals surface area contributed by atoms with E-state index in [1.807, 2.05) is 26.8 Å². The van der Waals surface area contributed by atoms with Crippen molar-refractivity contribution >= 4 is 5.78 Å². The van der Waals surface area contributed by atoms with Crippen LogP contribution in [-0.2, 0) is 4.74 Å². The van der Waals surface area contributed by atoms with Crippen LogP contribution >= 0.6 is 0 Å². The van der Waals surface area contributed by atoms with Gasteiger partial charge in [-0.25, -0.2) is 9.50 Å². The van der Waals surface area contributed by atoms with Gasteiger partial charge in [0.25, 0.3) is 11.7 Å². The van der Waals surface area contributed by atoms with Gasteiger partial charge in [0.15, 0.2) is 0 Å². The Morgan fingerprint density at radius 1 is 1.25 bits per heavy atom. The van der Waals surface area contributed by atoms with Crippen molar-refractivity contribution in [3.8, 4) is 11.7 Å². The normalized spacial score (nSPS) is 13.0. The van der Waals surface area contributed by atoms with Gasteiger partial charge in [0.05, 0.1) is 0 Å². The lowest BCUT2D eigenvalue weighted by atomic mass is 10.4. The van der Waals surface area contributed by atoms with Crippen molar-refractivity contribution in [3.63, 3.8) is 0 Å². The molecule has 0 fully saturated rings. The van der Waals surface area contributed by atoms with Gasteiger partial charge in [-0.05, 0) is 26.8 Å². The number of ether oxygens (including phenoxy) is 1. The van der Waals surface area contributed by atoms with Gasteiger partial charge in [0.1, 0.15) is 6.10 Å². The zero-order chi connectivity index (χ0) is 14.3. The average Bonchev–Trinajstić information content (AvgIpc) is 3.03. The Kier molecular flexibility index (Phi) is 2.94. The Balaban J connectivity index is 2.06. The molecule has 0 saturated heterocycles. The summed E-state index contributed by atoms with van der Waals surface area (Å²) in [6, 6.07) is 1.93. The third-order valence-electron chi connectivity index (χ3n) is 2.97. The fourth-order valence-electron chi connectivity index (χ4n) is 1.85. The molecule has 3 aromatic heterocycles. The summed E-state index contributed by atoms with van der Waals surface area (Å²) in [6.45, 7) is 5.68. The first kappa shape index (κ1) is 12.7. The molecule has 0 radical (unpaired) electrons. The van der Waals surface area contributed by atoms with E-state index in [4.69, 9.17) is 9.26 Å². The van der Waals surface area contributed by atoms with E-state index in [1.54, 1.807) is 11.6 Å². The number of rotatable bonds is 3. The molecule has 3 rings (SSSR count). The van der Waals surface area contributed by atoms with Gasteiger partial charge in [-0.1, -0.05) is 5.16 Å². The number of hydrogen-bond donors (Lipinski definition) is 0. The first-order valence-corrected chi connectivity index (χ1v) is 6.16. The minimum absolute atomic E-state index is 0.244. The lowest BCUT2D eigenvalue weighted by molar-refractivity contribution is 0.109. The molecule has 8 nitrogen and oxygen atoms in total. The van der Waals surface area contributed by atoms with Gasteiger partial charge < -0.3 is 9.26 Å². The number of aromatic nitrogens is 6. The Bertz CT molecular complexity index is 762. The second kappa shape index (κ2) is 4.64. The largest absolute Gasteiger partial charge is 0.374 e. The molecule has 0 aliphatic rings. The molecule has 20 heavy (non-hydrogen) atoms. The van der Waals surface area contributed by atoms with Crippen molar-refractivity contribution in [2.45, 2.75) is 26.9 Å². The summed E-state index contributed by atoms with van der Waals surface area (Å²) in [5.41, 5.74) is 1.82. The molecule has 104 valence electrons. The van der Waals surface area contributed by atoms with Crippen LogP contribution in [0.2, 0.25) is 0 Å². The average molecular weight is 274 g/mol. The Hall–Kier alpha value is -2.35. The minimum Gasteiger partial charge on any atom is -0.374 e. The van der Waals surface area contributed by atoms with Gasteiger partial charge in [-0.3, -0.25) is 0 Å². The summed E-state index contributed by atoms with van der Waals surface area (Å²) in [6.07, 6.45) is -0.244. The third kappa shape index (κ3) is 2.03. The van der Waals surface area contributed by atoms with E-state index >= 15 is 0 Å². The first-order chi connectivity index (χ1) is 9.58. The van der Waals surface area contributed by atoms with Gasteiger partial charge in [0, 0.05) is 18.5 Å². The number of hydrogen-bond acceptors (Lipinski definition) is 7. The Morgan fingerprint density at radius 3 is 2.80 bits per heavy atom. The van der Waals surface area contributed by atoms with Gasteiger partial charge >= 0.3 is 0 Å². The first-order valence-electron chi connectivity index (χ1n) is 6.16. The number of methoxy groups -OCH3 is 1. The van der Waals surface area contributed by atoms with E-state index in [1.165, 1.54) is 0 Å². The van der Waals surface area contributed by atoms with Crippen molar-refractivity contribution in [3.05, 3.63) is 23.3 Å². The van der Waals surface area contributed by atoms with Crippen molar-refractivity contribution in [2.75, 3.05) is 7.11 Å². The number of aryl methyl sites for hydroxylation is 2. The predicted octanol–water partition coefficient (Wildman–Crippen LogP) is 1.50. The summed E-state index contributed by atoms with van der Waals surface area (Å²) < 4.78 is 11.9. The van der Waals surface area contributed by atoms with Gasteiger partial charge in [-0.15, -0.1) is 5.10 Å². The highest BCUT2D eigenvalue weighted by Crippen LogP contribution is 2.18. The Labute approximate surface area is 114 Å². The summed E-state index contributed by atoms with van der Waals surface area (Å²) in [5, 5.41) is 8.18. The van der Waals surface area contributed by atoms with Crippen molar-refractivity contribution in [1.29, 1.82) is 0 Å². The minimum atomic E-state index is -0.244. The molecular formula is C12H14N6O2. The maximum atomic E-state index is 5.17. The van der Waals surface area contributed by atoms with Crippen LogP contribution in [0.5, 0.6) is 0 Å². The standard InChI is InChI=1S/C12H14N6O2/c1-6-5-7(2)18-12(13-6)15-10(16-18)11-14-9(17-20-11)8(3)19-4/h5,8H,1-4H3. The quantitative estimate of drug-likeness (QED) is 0.714. The molecule has 3 heterocycles. The van der Waals surface area contributed by atoms with Crippen LogP contribution < -0.4 is 0 Å². The smallest absolute Gasteiger partial charge is 0.297 e. The van der Waals surface area contributed by atoms with E-state index in [2.05, 4.69) is 25.2 Å². The molecule has 0 N–H and O–H groups in total.